The van der Waals surface area contributed by atoms with Gasteiger partial charge in [0.05, 0.1) is 25.4 Å². The summed E-state index contributed by atoms with van der Waals surface area (Å²) >= 11 is 0. The molecule has 0 spiro atoms. The first-order chi connectivity index (χ1) is 32.5. The number of carbonyl (C=O) groups excluding carboxylic acids is 2. The first kappa shape index (κ1) is 64.1. The van der Waals surface area contributed by atoms with Gasteiger partial charge in [0.25, 0.3) is 0 Å². The molecule has 3 N–H and O–H groups in total. The Hall–Kier alpha value is -1.92. The van der Waals surface area contributed by atoms with Crippen LogP contribution in [0.3, 0.4) is 0 Å². The van der Waals surface area contributed by atoms with Crippen LogP contribution in [0.2, 0.25) is 0 Å². The minimum absolute atomic E-state index is 0.00340. The van der Waals surface area contributed by atoms with Crippen LogP contribution >= 0.6 is 0 Å². The molecule has 2 atom stereocenters. The molecule has 388 valence electrons. The predicted octanol–water partition coefficient (Wildman–Crippen LogP) is 18.0. The van der Waals surface area contributed by atoms with Crippen molar-refractivity contribution in [2.24, 2.45) is 0 Å². The van der Waals surface area contributed by atoms with Gasteiger partial charge in [0.2, 0.25) is 5.91 Å². The number of aliphatic hydroxyl groups excluding tert-OH is 2. The van der Waals surface area contributed by atoms with Crippen LogP contribution in [0.5, 0.6) is 0 Å². The maximum Gasteiger partial charge on any atom is 0.305 e. The number of nitrogens with one attached hydrogen (secondary N) is 1. The van der Waals surface area contributed by atoms with Gasteiger partial charge < -0.3 is 20.3 Å². The van der Waals surface area contributed by atoms with Crippen LogP contribution in [0.1, 0.15) is 309 Å². The van der Waals surface area contributed by atoms with E-state index in [4.69, 9.17) is 4.74 Å². The first-order valence-corrected chi connectivity index (χ1v) is 29.2. The molecule has 0 heterocycles. The van der Waals surface area contributed by atoms with Gasteiger partial charge in [0.15, 0.2) is 0 Å². The number of aliphatic hydroxyl groups is 2. The van der Waals surface area contributed by atoms with E-state index in [0.717, 1.165) is 51.4 Å². The fraction of sp³-hybridized carbons (Fsp3) is 0.867. The van der Waals surface area contributed by atoms with Crippen molar-refractivity contribution in [2.45, 2.75) is 321 Å². The summed E-state index contributed by atoms with van der Waals surface area (Å²) in [4.78, 5) is 24.5. The molecule has 0 aromatic heterocycles. The summed E-state index contributed by atoms with van der Waals surface area (Å²) in [5.41, 5.74) is 0. The predicted molar refractivity (Wildman–Crippen MR) is 287 cm³/mol. The molecule has 0 aliphatic rings. The van der Waals surface area contributed by atoms with E-state index >= 15 is 0 Å². The summed E-state index contributed by atoms with van der Waals surface area (Å²) in [6.07, 6.45) is 68.6. The van der Waals surface area contributed by atoms with Gasteiger partial charge in [-0.1, -0.05) is 249 Å². The fourth-order valence-electron chi connectivity index (χ4n) is 8.90. The van der Waals surface area contributed by atoms with Crippen LogP contribution in [0.4, 0.5) is 0 Å². The van der Waals surface area contributed by atoms with Crippen LogP contribution in [0.25, 0.3) is 0 Å². The third-order valence-electron chi connectivity index (χ3n) is 13.4. The van der Waals surface area contributed by atoms with Crippen molar-refractivity contribution >= 4 is 11.9 Å². The molecular formula is C60H113NO5. The second kappa shape index (κ2) is 55.7. The minimum atomic E-state index is -0.666. The molecular weight excluding hydrogens is 815 g/mol. The van der Waals surface area contributed by atoms with E-state index < -0.39 is 12.1 Å². The molecule has 0 saturated carbocycles. The van der Waals surface area contributed by atoms with E-state index in [1.165, 1.54) is 225 Å². The highest BCUT2D eigenvalue weighted by Crippen LogP contribution is 2.16. The van der Waals surface area contributed by atoms with E-state index in [1.54, 1.807) is 0 Å². The summed E-state index contributed by atoms with van der Waals surface area (Å²) in [5.74, 6) is -0.0405. The highest BCUT2D eigenvalue weighted by Gasteiger charge is 2.20. The molecule has 6 heteroatoms. The zero-order chi connectivity index (χ0) is 47.9. The topological polar surface area (TPSA) is 95.9 Å². The molecule has 0 aromatic carbocycles. The van der Waals surface area contributed by atoms with E-state index in [0.29, 0.717) is 25.9 Å². The zero-order valence-corrected chi connectivity index (χ0v) is 44.2. The van der Waals surface area contributed by atoms with Crippen molar-refractivity contribution in [3.63, 3.8) is 0 Å². The third kappa shape index (κ3) is 51.5. The Morgan fingerprint density at radius 1 is 0.424 bits per heavy atom. The summed E-state index contributed by atoms with van der Waals surface area (Å²) in [6, 6.07) is -0.544. The van der Waals surface area contributed by atoms with Crippen LogP contribution < -0.4 is 5.32 Å². The lowest BCUT2D eigenvalue weighted by Gasteiger charge is -2.22. The normalized spacial score (nSPS) is 12.8. The standard InChI is InChI=1S/C60H113NO5/c1-3-5-7-9-11-13-14-15-16-24-28-31-34-38-42-46-50-54-60(65)66-55-51-47-43-39-35-32-29-26-23-21-19-17-18-20-22-25-27-30-33-37-41-45-49-53-59(64)61-57(56-62)58(63)52-48-44-40-36-12-10-8-6-4-2/h11,13,15-16,20,22,57-58,62-63H,3-10,12,14,17-19,21,23-56H2,1-2H3,(H,61,64)/b13-11-,16-15-,22-20-. The lowest BCUT2D eigenvalue weighted by Crippen LogP contribution is -2.45. The number of rotatable bonds is 54. The van der Waals surface area contributed by atoms with Gasteiger partial charge in [-0.15, -0.1) is 0 Å². The summed E-state index contributed by atoms with van der Waals surface area (Å²) in [5, 5.41) is 23.1. The minimum Gasteiger partial charge on any atom is -0.466 e. The zero-order valence-electron chi connectivity index (χ0n) is 44.2. The lowest BCUT2D eigenvalue weighted by molar-refractivity contribution is -0.143. The number of hydrogen-bond donors (Lipinski definition) is 3. The van der Waals surface area contributed by atoms with Crippen molar-refractivity contribution in [1.82, 2.24) is 5.32 Å². The highest BCUT2D eigenvalue weighted by molar-refractivity contribution is 5.76. The van der Waals surface area contributed by atoms with Crippen molar-refractivity contribution in [2.75, 3.05) is 13.2 Å². The Bertz CT molecular complexity index is 1070. The average Bonchev–Trinajstić information content (AvgIpc) is 3.32. The number of amides is 1. The molecule has 0 aromatic rings. The van der Waals surface area contributed by atoms with Crippen molar-refractivity contribution < 1.29 is 24.5 Å². The van der Waals surface area contributed by atoms with E-state index in [-0.39, 0.29) is 18.5 Å². The van der Waals surface area contributed by atoms with E-state index in [9.17, 15) is 19.8 Å². The number of unbranched alkanes of at least 4 members (excludes halogenated alkanes) is 37. The molecule has 0 radical (unpaired) electrons. The van der Waals surface area contributed by atoms with E-state index in [2.05, 4.69) is 55.6 Å². The highest BCUT2D eigenvalue weighted by atomic mass is 16.5. The molecule has 66 heavy (non-hydrogen) atoms. The first-order valence-electron chi connectivity index (χ1n) is 29.2. The molecule has 0 aliphatic carbocycles. The third-order valence-corrected chi connectivity index (χ3v) is 13.4. The van der Waals surface area contributed by atoms with Crippen LogP contribution in [0, 0.1) is 0 Å². The number of esters is 1. The molecule has 0 aliphatic heterocycles. The number of carbonyl (C=O) groups is 2. The van der Waals surface area contributed by atoms with Gasteiger partial charge in [-0.2, -0.15) is 0 Å². The van der Waals surface area contributed by atoms with Crippen LogP contribution in [-0.4, -0.2) is 47.4 Å². The summed E-state index contributed by atoms with van der Waals surface area (Å²) in [7, 11) is 0. The maximum absolute atomic E-state index is 12.4. The molecule has 0 fully saturated rings. The smallest absolute Gasteiger partial charge is 0.305 e. The van der Waals surface area contributed by atoms with Crippen LogP contribution in [0.15, 0.2) is 36.5 Å². The quantitative estimate of drug-likeness (QED) is 0.0321. The Morgan fingerprint density at radius 3 is 1.20 bits per heavy atom. The second-order valence-electron chi connectivity index (χ2n) is 20.0. The second-order valence-corrected chi connectivity index (χ2v) is 20.0. The maximum atomic E-state index is 12.4. The van der Waals surface area contributed by atoms with Gasteiger partial charge in [-0.25, -0.2) is 0 Å². The molecule has 6 nitrogen and oxygen atoms in total. The van der Waals surface area contributed by atoms with Crippen molar-refractivity contribution in [1.29, 1.82) is 0 Å². The van der Waals surface area contributed by atoms with Gasteiger partial charge >= 0.3 is 5.97 Å². The van der Waals surface area contributed by atoms with Gasteiger partial charge in [0, 0.05) is 12.8 Å². The Labute approximate surface area is 411 Å². The van der Waals surface area contributed by atoms with Crippen LogP contribution in [-0.2, 0) is 14.3 Å². The molecule has 0 saturated heterocycles. The average molecular weight is 929 g/mol. The lowest BCUT2D eigenvalue weighted by atomic mass is 10.0. The Kier molecular flexibility index (Phi) is 54.1. The van der Waals surface area contributed by atoms with Gasteiger partial charge in [-0.3, -0.25) is 9.59 Å². The molecule has 0 rings (SSSR count). The summed E-state index contributed by atoms with van der Waals surface area (Å²) in [6.45, 7) is 4.90. The molecule has 2 unspecified atom stereocenters. The number of hydrogen-bond acceptors (Lipinski definition) is 5. The Balaban J connectivity index is 3.38. The largest absolute Gasteiger partial charge is 0.466 e. The summed E-state index contributed by atoms with van der Waals surface area (Å²) < 4.78 is 5.48. The van der Waals surface area contributed by atoms with E-state index in [1.807, 2.05) is 0 Å². The van der Waals surface area contributed by atoms with Gasteiger partial charge in [0.1, 0.15) is 0 Å². The Morgan fingerprint density at radius 2 is 0.758 bits per heavy atom. The number of ether oxygens (including phenoxy) is 1. The van der Waals surface area contributed by atoms with Gasteiger partial charge in [-0.05, 0) is 83.5 Å². The molecule has 0 bridgehead atoms. The number of allylic oxidation sites excluding steroid dienone is 6. The monoisotopic (exact) mass is 928 g/mol. The van der Waals surface area contributed by atoms with Crippen molar-refractivity contribution in [3.8, 4) is 0 Å². The van der Waals surface area contributed by atoms with Crippen molar-refractivity contribution in [3.05, 3.63) is 36.5 Å². The SMILES string of the molecule is CCCCC/C=C\C/C=C\CCCCCCCCCC(=O)OCCCCCCCCCCCCCC/C=C\CCCCCCCCCC(=O)NC(CO)C(O)CCCCCCCCCCC. The molecule has 1 amide bonds. The fourth-order valence-corrected chi connectivity index (χ4v) is 8.90.